The lowest BCUT2D eigenvalue weighted by atomic mass is 9.86. The minimum Gasteiger partial charge on any atom is -0.295 e. The number of ketones is 2. The number of rotatable bonds is 3. The number of aryl methyl sites for hydroxylation is 1. The van der Waals surface area contributed by atoms with Crippen molar-refractivity contribution in [1.29, 1.82) is 0 Å². The number of hydrogen-bond acceptors (Lipinski definition) is 2. The standard InChI is InChI=1S/C14H17FO2/c1-9-5-7-10(8-6-9)12(16)11(15)13(17)14(2,3)4/h5-8,11H,1-4H3. The third-order valence-corrected chi connectivity index (χ3v) is 2.54. The van der Waals surface area contributed by atoms with Gasteiger partial charge in [0.1, 0.15) is 0 Å². The summed E-state index contributed by atoms with van der Waals surface area (Å²) in [5.41, 5.74) is 0.375. The Kier molecular flexibility index (Phi) is 3.81. The van der Waals surface area contributed by atoms with Gasteiger partial charge in [-0.1, -0.05) is 50.6 Å². The number of benzene rings is 1. The molecule has 0 fully saturated rings. The second kappa shape index (κ2) is 4.78. The molecule has 0 aliphatic heterocycles. The lowest BCUT2D eigenvalue weighted by Crippen LogP contribution is -2.35. The van der Waals surface area contributed by atoms with Crippen molar-refractivity contribution in [3.05, 3.63) is 35.4 Å². The molecular formula is C14H17FO2. The van der Waals surface area contributed by atoms with Crippen molar-refractivity contribution in [2.75, 3.05) is 0 Å². The van der Waals surface area contributed by atoms with E-state index in [1.54, 1.807) is 45.0 Å². The first-order chi connectivity index (χ1) is 7.73. The van der Waals surface area contributed by atoms with Crippen LogP contribution in [0.2, 0.25) is 0 Å². The van der Waals surface area contributed by atoms with Gasteiger partial charge in [-0.2, -0.15) is 0 Å². The quantitative estimate of drug-likeness (QED) is 0.597. The molecule has 0 amide bonds. The molecule has 3 heteroatoms. The van der Waals surface area contributed by atoms with Gasteiger partial charge < -0.3 is 0 Å². The van der Waals surface area contributed by atoms with Gasteiger partial charge in [0.2, 0.25) is 12.0 Å². The number of Topliss-reactive ketones (excluding diaryl/α,β-unsaturated/α-hetero) is 2. The van der Waals surface area contributed by atoms with Crippen LogP contribution in [0.1, 0.15) is 36.7 Å². The fourth-order valence-corrected chi connectivity index (χ4v) is 1.36. The molecule has 0 N–H and O–H groups in total. The van der Waals surface area contributed by atoms with Gasteiger partial charge in [0.15, 0.2) is 5.78 Å². The van der Waals surface area contributed by atoms with Crippen LogP contribution in [0.4, 0.5) is 4.39 Å². The number of hydrogen-bond donors (Lipinski definition) is 0. The van der Waals surface area contributed by atoms with Crippen LogP contribution in [0.3, 0.4) is 0 Å². The molecule has 17 heavy (non-hydrogen) atoms. The highest BCUT2D eigenvalue weighted by Gasteiger charge is 2.34. The maximum Gasteiger partial charge on any atom is 0.221 e. The summed E-state index contributed by atoms with van der Waals surface area (Å²) in [6, 6.07) is 6.53. The fraction of sp³-hybridized carbons (Fsp3) is 0.429. The summed E-state index contributed by atoms with van der Waals surface area (Å²) < 4.78 is 13.8. The molecule has 0 spiro atoms. The van der Waals surface area contributed by atoms with Crippen LogP contribution in [0, 0.1) is 12.3 Å². The monoisotopic (exact) mass is 236 g/mol. The summed E-state index contributed by atoms with van der Waals surface area (Å²) in [5, 5.41) is 0. The Morgan fingerprint density at radius 2 is 1.59 bits per heavy atom. The van der Waals surface area contributed by atoms with Crippen molar-refractivity contribution in [1.82, 2.24) is 0 Å². The highest BCUT2D eigenvalue weighted by molar-refractivity contribution is 6.14. The molecule has 0 heterocycles. The Morgan fingerprint density at radius 1 is 1.12 bits per heavy atom. The number of alkyl halides is 1. The highest BCUT2D eigenvalue weighted by Crippen LogP contribution is 2.21. The van der Waals surface area contributed by atoms with Crippen molar-refractivity contribution in [3.63, 3.8) is 0 Å². The van der Waals surface area contributed by atoms with E-state index in [1.165, 1.54) is 0 Å². The van der Waals surface area contributed by atoms with Gasteiger partial charge in [-0.05, 0) is 6.92 Å². The largest absolute Gasteiger partial charge is 0.295 e. The molecule has 0 saturated carbocycles. The molecular weight excluding hydrogens is 219 g/mol. The lowest BCUT2D eigenvalue weighted by molar-refractivity contribution is -0.129. The van der Waals surface area contributed by atoms with E-state index in [-0.39, 0.29) is 5.56 Å². The molecule has 0 radical (unpaired) electrons. The van der Waals surface area contributed by atoms with Gasteiger partial charge >= 0.3 is 0 Å². The third kappa shape index (κ3) is 3.22. The molecule has 2 nitrogen and oxygen atoms in total. The first-order valence-electron chi connectivity index (χ1n) is 5.53. The predicted octanol–water partition coefficient (Wildman–Crippen LogP) is 3.13. The second-order valence-corrected chi connectivity index (χ2v) is 5.21. The van der Waals surface area contributed by atoms with Gasteiger partial charge in [-0.25, -0.2) is 4.39 Å². The lowest BCUT2D eigenvalue weighted by Gasteiger charge is -2.18. The van der Waals surface area contributed by atoms with Crippen LogP contribution in [-0.4, -0.2) is 17.7 Å². The van der Waals surface area contributed by atoms with Gasteiger partial charge in [-0.3, -0.25) is 9.59 Å². The van der Waals surface area contributed by atoms with Crippen molar-refractivity contribution in [2.45, 2.75) is 33.9 Å². The Hall–Kier alpha value is -1.51. The molecule has 1 rings (SSSR count). The number of carbonyl (C=O) groups excluding carboxylic acids is 2. The van der Waals surface area contributed by atoms with Crippen molar-refractivity contribution in [3.8, 4) is 0 Å². The summed E-state index contributed by atoms with van der Waals surface area (Å²) in [5.74, 6) is -1.44. The zero-order valence-corrected chi connectivity index (χ0v) is 10.6. The molecule has 1 unspecified atom stereocenters. The van der Waals surface area contributed by atoms with Gasteiger partial charge in [0, 0.05) is 11.0 Å². The summed E-state index contributed by atoms with van der Waals surface area (Å²) in [6.07, 6.45) is -2.07. The van der Waals surface area contributed by atoms with E-state index >= 15 is 0 Å². The minimum atomic E-state index is -2.07. The van der Waals surface area contributed by atoms with E-state index in [2.05, 4.69) is 0 Å². The molecule has 0 aliphatic carbocycles. The van der Waals surface area contributed by atoms with Crippen molar-refractivity contribution >= 4 is 11.6 Å². The molecule has 0 aromatic heterocycles. The summed E-state index contributed by atoms with van der Waals surface area (Å²) in [7, 11) is 0. The zero-order valence-electron chi connectivity index (χ0n) is 10.6. The average molecular weight is 236 g/mol. The van der Waals surface area contributed by atoms with Crippen LogP contribution in [-0.2, 0) is 4.79 Å². The van der Waals surface area contributed by atoms with Crippen LogP contribution in [0.25, 0.3) is 0 Å². The summed E-state index contributed by atoms with van der Waals surface area (Å²) >= 11 is 0. The third-order valence-electron chi connectivity index (χ3n) is 2.54. The van der Waals surface area contributed by atoms with Gasteiger partial charge in [0.05, 0.1) is 0 Å². The maximum absolute atomic E-state index is 13.8. The van der Waals surface area contributed by atoms with Crippen LogP contribution >= 0.6 is 0 Å². The Bertz CT molecular complexity index is 427. The number of carbonyl (C=O) groups is 2. The van der Waals surface area contributed by atoms with Gasteiger partial charge in [0.25, 0.3) is 0 Å². The van der Waals surface area contributed by atoms with E-state index in [0.717, 1.165) is 5.56 Å². The first-order valence-corrected chi connectivity index (χ1v) is 5.53. The highest BCUT2D eigenvalue weighted by atomic mass is 19.1. The average Bonchev–Trinajstić information content (AvgIpc) is 2.26. The van der Waals surface area contributed by atoms with Crippen molar-refractivity contribution in [2.24, 2.45) is 5.41 Å². The van der Waals surface area contributed by atoms with E-state index in [9.17, 15) is 14.0 Å². The van der Waals surface area contributed by atoms with Crippen LogP contribution in [0.15, 0.2) is 24.3 Å². The molecule has 0 aliphatic rings. The smallest absolute Gasteiger partial charge is 0.221 e. The van der Waals surface area contributed by atoms with E-state index in [4.69, 9.17) is 0 Å². The molecule has 0 bridgehead atoms. The molecule has 1 aromatic carbocycles. The maximum atomic E-state index is 13.8. The van der Waals surface area contributed by atoms with E-state index in [1.807, 2.05) is 6.92 Å². The zero-order chi connectivity index (χ0) is 13.2. The molecule has 92 valence electrons. The predicted molar refractivity (Wildman–Crippen MR) is 64.9 cm³/mol. The van der Waals surface area contributed by atoms with E-state index < -0.39 is 23.2 Å². The van der Waals surface area contributed by atoms with Crippen LogP contribution in [0.5, 0.6) is 0 Å². The Morgan fingerprint density at radius 3 is 2.00 bits per heavy atom. The minimum absolute atomic E-state index is 0.237. The summed E-state index contributed by atoms with van der Waals surface area (Å²) in [6.45, 7) is 6.68. The normalized spacial score (nSPS) is 13.2. The topological polar surface area (TPSA) is 34.1 Å². The first kappa shape index (κ1) is 13.6. The van der Waals surface area contributed by atoms with Gasteiger partial charge in [-0.15, -0.1) is 0 Å². The summed E-state index contributed by atoms with van der Waals surface area (Å²) in [4.78, 5) is 23.4. The SMILES string of the molecule is Cc1ccc(C(=O)C(F)C(=O)C(C)(C)C)cc1. The molecule has 1 atom stereocenters. The van der Waals surface area contributed by atoms with Crippen molar-refractivity contribution < 1.29 is 14.0 Å². The molecule has 1 aromatic rings. The fourth-order valence-electron chi connectivity index (χ4n) is 1.36. The Balaban J connectivity index is 2.91. The van der Waals surface area contributed by atoms with Crippen LogP contribution < -0.4 is 0 Å². The molecule has 0 saturated heterocycles. The Labute approximate surface area is 101 Å². The second-order valence-electron chi connectivity index (χ2n) is 5.21. The number of halogens is 1. The van der Waals surface area contributed by atoms with E-state index in [0.29, 0.717) is 0 Å².